The van der Waals surface area contributed by atoms with Gasteiger partial charge in [0.1, 0.15) is 5.82 Å². The second-order valence-corrected chi connectivity index (χ2v) is 4.67. The van der Waals surface area contributed by atoms with Gasteiger partial charge in [0.05, 0.1) is 6.61 Å². The highest BCUT2D eigenvalue weighted by Gasteiger charge is 2.30. The molecule has 2 rings (SSSR count). The van der Waals surface area contributed by atoms with E-state index in [2.05, 4.69) is 5.32 Å². The molecule has 88 valence electrons. The molecule has 16 heavy (non-hydrogen) atoms. The molecule has 1 saturated carbocycles. The maximum atomic E-state index is 12.7. The number of rotatable bonds is 4. The predicted molar refractivity (Wildman–Crippen MR) is 61.8 cm³/mol. The average Bonchev–Trinajstić information content (AvgIpc) is 2.24. The summed E-state index contributed by atoms with van der Waals surface area (Å²) in [5.74, 6) is 0.371. The molecule has 3 heteroatoms. The lowest BCUT2D eigenvalue weighted by molar-refractivity contribution is 0.204. The Bertz CT molecular complexity index is 332. The molecule has 0 saturated heterocycles. The molecular formula is C13H18FNO. The van der Waals surface area contributed by atoms with Crippen LogP contribution in [-0.4, -0.2) is 23.8 Å². The minimum absolute atomic E-state index is 0.166. The summed E-state index contributed by atoms with van der Waals surface area (Å²) in [6.07, 6.45) is 2.16. The van der Waals surface area contributed by atoms with Gasteiger partial charge in [-0.15, -0.1) is 0 Å². The molecule has 0 amide bonds. The molecule has 0 heterocycles. The maximum absolute atomic E-state index is 12.7. The smallest absolute Gasteiger partial charge is 0.123 e. The average molecular weight is 223 g/mol. The van der Waals surface area contributed by atoms with Gasteiger partial charge in [-0.05, 0) is 43.4 Å². The molecule has 0 bridgehead atoms. The minimum Gasteiger partial charge on any atom is -0.395 e. The van der Waals surface area contributed by atoms with Crippen LogP contribution in [0, 0.1) is 5.82 Å². The zero-order valence-corrected chi connectivity index (χ0v) is 9.49. The van der Waals surface area contributed by atoms with Crippen LogP contribution in [0.25, 0.3) is 0 Å². The van der Waals surface area contributed by atoms with E-state index in [0.717, 1.165) is 12.8 Å². The quantitative estimate of drug-likeness (QED) is 0.818. The van der Waals surface area contributed by atoms with Crippen LogP contribution in [-0.2, 0) is 0 Å². The van der Waals surface area contributed by atoms with Gasteiger partial charge >= 0.3 is 0 Å². The van der Waals surface area contributed by atoms with Crippen LogP contribution in [0.5, 0.6) is 0 Å². The molecule has 1 aromatic carbocycles. The van der Waals surface area contributed by atoms with Crippen molar-refractivity contribution in [1.82, 2.24) is 5.32 Å². The molecular weight excluding hydrogens is 205 g/mol. The molecule has 0 radical (unpaired) electrons. The summed E-state index contributed by atoms with van der Waals surface area (Å²) in [4.78, 5) is 0. The zero-order valence-electron chi connectivity index (χ0n) is 9.49. The number of hydrogen-bond acceptors (Lipinski definition) is 2. The van der Waals surface area contributed by atoms with Crippen LogP contribution in [0.3, 0.4) is 0 Å². The van der Waals surface area contributed by atoms with Crippen LogP contribution in [0.2, 0.25) is 0 Å². The van der Waals surface area contributed by atoms with Crippen molar-refractivity contribution >= 4 is 0 Å². The summed E-state index contributed by atoms with van der Waals surface area (Å²) < 4.78 is 12.7. The number of hydrogen-bond donors (Lipinski definition) is 2. The van der Waals surface area contributed by atoms with Gasteiger partial charge in [0.25, 0.3) is 0 Å². The zero-order chi connectivity index (χ0) is 11.5. The second kappa shape index (κ2) is 4.93. The van der Waals surface area contributed by atoms with E-state index in [-0.39, 0.29) is 18.5 Å². The standard InChI is InChI=1S/C13H18FNO/c1-9(8-16)15-13-6-11(7-13)10-2-4-12(14)5-3-10/h2-5,9,11,13,15-16H,6-8H2,1H3/t9-,11?,13?/m0/s1. The van der Waals surface area contributed by atoms with Crippen molar-refractivity contribution in [2.45, 2.75) is 37.8 Å². The van der Waals surface area contributed by atoms with Crippen LogP contribution in [0.15, 0.2) is 24.3 Å². The van der Waals surface area contributed by atoms with Gasteiger partial charge in [0.2, 0.25) is 0 Å². The number of nitrogens with one attached hydrogen (secondary N) is 1. The lowest BCUT2D eigenvalue weighted by Gasteiger charge is -2.37. The van der Waals surface area contributed by atoms with Crippen molar-refractivity contribution in [3.8, 4) is 0 Å². The molecule has 1 aromatic rings. The molecule has 0 unspecified atom stereocenters. The van der Waals surface area contributed by atoms with Crippen molar-refractivity contribution in [3.05, 3.63) is 35.6 Å². The summed E-state index contributed by atoms with van der Waals surface area (Å²) in [6.45, 7) is 2.16. The summed E-state index contributed by atoms with van der Waals surface area (Å²) in [5, 5.41) is 12.3. The molecule has 1 atom stereocenters. The first-order valence-electron chi connectivity index (χ1n) is 5.81. The third kappa shape index (κ3) is 2.60. The molecule has 2 N–H and O–H groups in total. The van der Waals surface area contributed by atoms with E-state index in [1.54, 1.807) is 0 Å². The van der Waals surface area contributed by atoms with Gasteiger partial charge in [-0.1, -0.05) is 12.1 Å². The molecule has 0 aromatic heterocycles. The summed E-state index contributed by atoms with van der Waals surface area (Å²) in [7, 11) is 0. The van der Waals surface area contributed by atoms with E-state index in [1.165, 1.54) is 17.7 Å². The van der Waals surface area contributed by atoms with E-state index in [0.29, 0.717) is 12.0 Å². The maximum Gasteiger partial charge on any atom is 0.123 e. The highest BCUT2D eigenvalue weighted by Crippen LogP contribution is 2.36. The number of aliphatic hydroxyl groups is 1. The van der Waals surface area contributed by atoms with Gasteiger partial charge in [0.15, 0.2) is 0 Å². The van der Waals surface area contributed by atoms with Crippen molar-refractivity contribution in [2.24, 2.45) is 0 Å². The highest BCUT2D eigenvalue weighted by molar-refractivity contribution is 5.23. The Morgan fingerprint density at radius 3 is 2.56 bits per heavy atom. The lowest BCUT2D eigenvalue weighted by atomic mass is 9.75. The molecule has 1 aliphatic carbocycles. The first-order chi connectivity index (χ1) is 7.69. The van der Waals surface area contributed by atoms with Crippen LogP contribution >= 0.6 is 0 Å². The minimum atomic E-state index is -0.174. The summed E-state index contributed by atoms with van der Waals surface area (Å²) in [5.41, 5.74) is 1.22. The largest absolute Gasteiger partial charge is 0.395 e. The summed E-state index contributed by atoms with van der Waals surface area (Å²) in [6, 6.07) is 7.44. The lowest BCUT2D eigenvalue weighted by Crippen LogP contribution is -2.45. The van der Waals surface area contributed by atoms with E-state index in [1.807, 2.05) is 19.1 Å². The van der Waals surface area contributed by atoms with E-state index < -0.39 is 0 Å². The Labute approximate surface area is 95.5 Å². The van der Waals surface area contributed by atoms with Crippen molar-refractivity contribution in [3.63, 3.8) is 0 Å². The second-order valence-electron chi connectivity index (χ2n) is 4.67. The van der Waals surface area contributed by atoms with Crippen molar-refractivity contribution < 1.29 is 9.50 Å². The summed E-state index contributed by atoms with van der Waals surface area (Å²) >= 11 is 0. The van der Waals surface area contributed by atoms with Crippen LogP contribution in [0.4, 0.5) is 4.39 Å². The number of benzene rings is 1. The van der Waals surface area contributed by atoms with Gasteiger partial charge in [-0.25, -0.2) is 4.39 Å². The topological polar surface area (TPSA) is 32.3 Å². The first kappa shape index (κ1) is 11.6. The highest BCUT2D eigenvalue weighted by atomic mass is 19.1. The van der Waals surface area contributed by atoms with E-state index >= 15 is 0 Å². The predicted octanol–water partition coefficient (Wildman–Crippen LogP) is 2.04. The molecule has 2 nitrogen and oxygen atoms in total. The number of halogens is 1. The Morgan fingerprint density at radius 2 is 2.00 bits per heavy atom. The fourth-order valence-corrected chi connectivity index (χ4v) is 2.22. The van der Waals surface area contributed by atoms with Crippen LogP contribution < -0.4 is 5.32 Å². The normalized spacial score (nSPS) is 26.2. The number of aliphatic hydroxyl groups excluding tert-OH is 1. The Hall–Kier alpha value is -0.930. The fourth-order valence-electron chi connectivity index (χ4n) is 2.22. The third-order valence-electron chi connectivity index (χ3n) is 3.27. The van der Waals surface area contributed by atoms with Gasteiger partial charge < -0.3 is 10.4 Å². The Morgan fingerprint density at radius 1 is 1.38 bits per heavy atom. The Kier molecular flexibility index (Phi) is 3.56. The SMILES string of the molecule is C[C@@H](CO)NC1CC(c2ccc(F)cc2)C1. The molecule has 1 fully saturated rings. The van der Waals surface area contributed by atoms with E-state index in [4.69, 9.17) is 5.11 Å². The monoisotopic (exact) mass is 223 g/mol. The van der Waals surface area contributed by atoms with E-state index in [9.17, 15) is 4.39 Å². The van der Waals surface area contributed by atoms with Gasteiger partial charge in [-0.2, -0.15) is 0 Å². The molecule has 1 aliphatic rings. The molecule has 0 aliphatic heterocycles. The first-order valence-corrected chi connectivity index (χ1v) is 5.81. The van der Waals surface area contributed by atoms with Gasteiger partial charge in [-0.3, -0.25) is 0 Å². The van der Waals surface area contributed by atoms with Crippen LogP contribution in [0.1, 0.15) is 31.2 Å². The molecule has 0 spiro atoms. The third-order valence-corrected chi connectivity index (χ3v) is 3.27. The fraction of sp³-hybridized carbons (Fsp3) is 0.538. The van der Waals surface area contributed by atoms with Crippen molar-refractivity contribution in [2.75, 3.05) is 6.61 Å². The van der Waals surface area contributed by atoms with Crippen molar-refractivity contribution in [1.29, 1.82) is 0 Å². The van der Waals surface area contributed by atoms with Gasteiger partial charge in [0, 0.05) is 12.1 Å². The Balaban J connectivity index is 1.82.